The largest absolute Gasteiger partial charge is 0.455 e. The van der Waals surface area contributed by atoms with Gasteiger partial charge in [0, 0.05) is 32.7 Å². The van der Waals surface area contributed by atoms with Crippen molar-refractivity contribution in [3.8, 4) is 16.8 Å². The molecule has 0 aliphatic carbocycles. The van der Waals surface area contributed by atoms with Gasteiger partial charge in [-0.3, -0.25) is 0 Å². The van der Waals surface area contributed by atoms with Gasteiger partial charge in [0.1, 0.15) is 11.2 Å². The molecule has 0 spiro atoms. The topological polar surface area (TPSA) is 18.1 Å². The minimum atomic E-state index is -2.84. The molecule has 0 atom stereocenters. The fourth-order valence-electron chi connectivity index (χ4n) is 8.44. The fraction of sp³-hybridized carbons (Fsp3) is 0. The Labute approximate surface area is 297 Å². The van der Waals surface area contributed by atoms with Crippen molar-refractivity contribution in [1.29, 1.82) is 0 Å². The van der Waals surface area contributed by atoms with E-state index in [1.165, 1.54) is 42.6 Å². The Hall–Kier alpha value is -6.42. The average Bonchev–Trinajstić information content (AvgIpc) is 3.76. The van der Waals surface area contributed by atoms with E-state index in [0.717, 1.165) is 38.8 Å². The minimum absolute atomic E-state index is 0.908. The van der Waals surface area contributed by atoms with Crippen molar-refractivity contribution < 1.29 is 4.42 Å². The summed E-state index contributed by atoms with van der Waals surface area (Å²) in [7, 11) is -2.84. The molecular formula is C48H33NOSi. The predicted octanol–water partition coefficient (Wildman–Crippen LogP) is 9.73. The lowest BCUT2D eigenvalue weighted by atomic mass is 10.0. The zero-order chi connectivity index (χ0) is 33.8. The number of hydrogen-bond acceptors (Lipinski definition) is 1. The molecule has 0 aliphatic heterocycles. The van der Waals surface area contributed by atoms with Gasteiger partial charge in [0.15, 0.2) is 8.07 Å². The first kappa shape index (κ1) is 29.5. The van der Waals surface area contributed by atoms with E-state index in [-0.39, 0.29) is 0 Å². The summed E-state index contributed by atoms with van der Waals surface area (Å²) in [5.74, 6) is 0. The quantitative estimate of drug-likeness (QED) is 0.128. The smallest absolute Gasteiger partial charge is 0.184 e. The molecule has 0 amide bonds. The predicted molar refractivity (Wildman–Crippen MR) is 217 cm³/mol. The SMILES string of the molecule is c1ccc([Si](c2ccccc2)(c2ccccc2)c2cccc3c2oc2c(-c4ccccc4-n4c5ccccc5c5ccccc54)cccc23)cc1. The van der Waals surface area contributed by atoms with E-state index in [0.29, 0.717) is 0 Å². The lowest BCUT2D eigenvalue weighted by Gasteiger charge is -2.34. The van der Waals surface area contributed by atoms with Gasteiger partial charge in [-0.2, -0.15) is 0 Å². The van der Waals surface area contributed by atoms with E-state index in [9.17, 15) is 0 Å². The van der Waals surface area contributed by atoms with Gasteiger partial charge < -0.3 is 8.98 Å². The van der Waals surface area contributed by atoms with E-state index in [1.54, 1.807) is 0 Å². The van der Waals surface area contributed by atoms with Crippen LogP contribution in [0, 0.1) is 0 Å². The maximum absolute atomic E-state index is 7.31. The summed E-state index contributed by atoms with van der Waals surface area (Å²) >= 11 is 0. The molecule has 10 aromatic rings. The molecule has 240 valence electrons. The number of furan rings is 1. The zero-order valence-electron chi connectivity index (χ0n) is 27.9. The number of para-hydroxylation sites is 5. The second-order valence-electron chi connectivity index (χ2n) is 13.2. The molecule has 10 rings (SSSR count). The average molecular weight is 668 g/mol. The molecule has 0 unspecified atom stereocenters. The third-order valence-electron chi connectivity index (χ3n) is 10.6. The number of rotatable bonds is 6. The van der Waals surface area contributed by atoms with Crippen LogP contribution in [0.25, 0.3) is 60.6 Å². The van der Waals surface area contributed by atoms with Crippen LogP contribution < -0.4 is 20.7 Å². The number of benzene rings is 8. The summed E-state index contributed by atoms with van der Waals surface area (Å²) < 4.78 is 9.72. The van der Waals surface area contributed by atoms with Crippen molar-refractivity contribution in [1.82, 2.24) is 4.57 Å². The Kier molecular flexibility index (Phi) is 6.86. The van der Waals surface area contributed by atoms with E-state index in [2.05, 4.69) is 205 Å². The highest BCUT2D eigenvalue weighted by Crippen LogP contribution is 2.40. The van der Waals surface area contributed by atoms with Crippen LogP contribution >= 0.6 is 0 Å². The van der Waals surface area contributed by atoms with Crippen LogP contribution in [0.4, 0.5) is 0 Å². The molecule has 0 bridgehead atoms. The van der Waals surface area contributed by atoms with Gasteiger partial charge in [-0.25, -0.2) is 0 Å². The van der Waals surface area contributed by atoms with Crippen molar-refractivity contribution in [2.24, 2.45) is 0 Å². The summed E-state index contributed by atoms with van der Waals surface area (Å²) in [6.45, 7) is 0. The molecule has 0 radical (unpaired) electrons. The van der Waals surface area contributed by atoms with Crippen LogP contribution in [-0.2, 0) is 0 Å². The summed E-state index contributed by atoms with van der Waals surface area (Å²) in [6.07, 6.45) is 0. The maximum atomic E-state index is 7.31. The van der Waals surface area contributed by atoms with Gasteiger partial charge in [0.05, 0.1) is 16.7 Å². The molecule has 51 heavy (non-hydrogen) atoms. The molecule has 0 aliphatic rings. The third-order valence-corrected chi connectivity index (χ3v) is 15.4. The number of hydrogen-bond donors (Lipinski definition) is 0. The van der Waals surface area contributed by atoms with Crippen molar-refractivity contribution in [3.63, 3.8) is 0 Å². The van der Waals surface area contributed by atoms with Gasteiger partial charge in [-0.15, -0.1) is 0 Å². The zero-order valence-corrected chi connectivity index (χ0v) is 28.9. The second kappa shape index (κ2) is 11.9. The Bertz CT molecular complexity index is 2700. The van der Waals surface area contributed by atoms with Crippen molar-refractivity contribution >= 4 is 72.6 Å². The molecule has 0 saturated carbocycles. The van der Waals surface area contributed by atoms with Gasteiger partial charge in [-0.1, -0.05) is 182 Å². The summed E-state index contributed by atoms with van der Waals surface area (Å²) in [5.41, 5.74) is 7.59. The number of nitrogens with zero attached hydrogens (tertiary/aromatic N) is 1. The molecule has 8 aromatic carbocycles. The highest BCUT2D eigenvalue weighted by atomic mass is 28.3. The highest BCUT2D eigenvalue weighted by molar-refractivity contribution is 7.20. The highest BCUT2D eigenvalue weighted by Gasteiger charge is 2.43. The van der Waals surface area contributed by atoms with Crippen LogP contribution in [0.2, 0.25) is 0 Å². The molecular weight excluding hydrogens is 635 g/mol. The Balaban J connectivity index is 1.29. The molecule has 3 heteroatoms. The Morgan fingerprint density at radius 1 is 0.333 bits per heavy atom. The number of aromatic nitrogens is 1. The van der Waals surface area contributed by atoms with Crippen LogP contribution in [0.1, 0.15) is 0 Å². The molecule has 2 aromatic heterocycles. The van der Waals surface area contributed by atoms with Crippen LogP contribution in [-0.4, -0.2) is 12.6 Å². The van der Waals surface area contributed by atoms with E-state index >= 15 is 0 Å². The summed E-state index contributed by atoms with van der Waals surface area (Å²) in [4.78, 5) is 0. The van der Waals surface area contributed by atoms with Gasteiger partial charge in [0.2, 0.25) is 0 Å². The minimum Gasteiger partial charge on any atom is -0.455 e. The molecule has 0 saturated heterocycles. The summed E-state index contributed by atoms with van der Waals surface area (Å²) in [5, 5.41) is 9.99. The van der Waals surface area contributed by atoms with Crippen molar-refractivity contribution in [3.05, 3.63) is 200 Å². The Morgan fingerprint density at radius 2 is 0.765 bits per heavy atom. The lowest BCUT2D eigenvalue weighted by Crippen LogP contribution is -2.74. The van der Waals surface area contributed by atoms with Crippen LogP contribution in [0.5, 0.6) is 0 Å². The molecule has 2 heterocycles. The van der Waals surface area contributed by atoms with Crippen molar-refractivity contribution in [2.75, 3.05) is 0 Å². The molecule has 2 nitrogen and oxygen atoms in total. The van der Waals surface area contributed by atoms with E-state index < -0.39 is 8.07 Å². The monoisotopic (exact) mass is 667 g/mol. The van der Waals surface area contributed by atoms with Gasteiger partial charge in [0.25, 0.3) is 0 Å². The normalized spacial score (nSPS) is 11.9. The van der Waals surface area contributed by atoms with Crippen LogP contribution in [0.15, 0.2) is 205 Å². The molecule has 0 N–H and O–H groups in total. The van der Waals surface area contributed by atoms with Crippen LogP contribution in [0.3, 0.4) is 0 Å². The molecule has 0 fully saturated rings. The first-order valence-electron chi connectivity index (χ1n) is 17.5. The fourth-order valence-corrected chi connectivity index (χ4v) is 13.3. The van der Waals surface area contributed by atoms with E-state index in [1.807, 2.05) is 0 Å². The first-order valence-corrected chi connectivity index (χ1v) is 19.5. The lowest BCUT2D eigenvalue weighted by molar-refractivity contribution is 0.672. The van der Waals surface area contributed by atoms with Gasteiger partial charge >= 0.3 is 0 Å². The third kappa shape index (κ3) is 4.42. The van der Waals surface area contributed by atoms with E-state index in [4.69, 9.17) is 4.42 Å². The van der Waals surface area contributed by atoms with Gasteiger partial charge in [-0.05, 0) is 38.9 Å². The summed E-state index contributed by atoms with van der Waals surface area (Å²) in [6, 6.07) is 72.7. The maximum Gasteiger partial charge on any atom is 0.184 e. The first-order chi connectivity index (χ1) is 25.3. The number of fused-ring (bicyclic) bond motifs is 6. The standard InChI is InChI=1S/C48H33NOSi/c1-4-18-34(19-5-1)51(35-20-6-2-7-21-35,36-22-8-3-9-23-36)46-33-17-29-42-41-28-16-27-40(47(41)50-48(42)46)39-26-12-15-32-45(39)49-43-30-13-10-24-37(43)38-25-11-14-31-44(38)49/h1-33H. The van der Waals surface area contributed by atoms with Crippen molar-refractivity contribution in [2.45, 2.75) is 0 Å². The second-order valence-corrected chi connectivity index (χ2v) is 17.0. The Morgan fingerprint density at radius 3 is 1.35 bits per heavy atom.